The summed E-state index contributed by atoms with van der Waals surface area (Å²) in [6.45, 7) is 2.23. The summed E-state index contributed by atoms with van der Waals surface area (Å²) in [5.41, 5.74) is 0. The van der Waals surface area contributed by atoms with Crippen LogP contribution in [0.5, 0.6) is 0 Å². The molecular weight excluding hydrogens is 1130 g/mol. The molecule has 4 atom stereocenters. The van der Waals surface area contributed by atoms with Crippen LogP contribution < -0.4 is 26.6 Å². The molecule has 494 valence electrons. The SMILES string of the molecule is CCC(CCCCNC(=O)CCCNC(=O)CC[C@H](CC(=O)CC[C@H](NC(=O)COCCOCCCC(=O)COCCOCCNC(=O)CC[C@H](NC(=O)CCCCCCCCCCCCCCCCC(=O)O)C(=O)O)C(=O)O)C(=O)O)C(=O)CO. The van der Waals surface area contributed by atoms with E-state index in [0.29, 0.717) is 45.1 Å². The van der Waals surface area contributed by atoms with E-state index >= 15 is 0 Å². The Morgan fingerprint density at radius 2 is 0.826 bits per heavy atom. The van der Waals surface area contributed by atoms with E-state index in [2.05, 4.69) is 26.6 Å². The fraction of sp³-hybridized carbons (Fsp3) is 0.800. The second kappa shape index (κ2) is 54.4. The molecular formula is C60H103N5O21. The van der Waals surface area contributed by atoms with Gasteiger partial charge in [-0.2, -0.15) is 0 Å². The van der Waals surface area contributed by atoms with Gasteiger partial charge in [0.05, 0.1) is 39.0 Å². The van der Waals surface area contributed by atoms with Gasteiger partial charge in [-0.3, -0.25) is 47.9 Å². The third-order valence-electron chi connectivity index (χ3n) is 14.1. The van der Waals surface area contributed by atoms with Crippen molar-refractivity contribution in [3.63, 3.8) is 0 Å². The third kappa shape index (κ3) is 49.2. The monoisotopic (exact) mass is 1230 g/mol. The van der Waals surface area contributed by atoms with Crippen molar-refractivity contribution >= 4 is 70.8 Å². The number of hydrogen-bond donors (Lipinski definition) is 10. The lowest BCUT2D eigenvalue weighted by atomic mass is 9.94. The summed E-state index contributed by atoms with van der Waals surface area (Å²) in [4.78, 5) is 144. The first-order valence-corrected chi connectivity index (χ1v) is 31.1. The molecule has 0 aliphatic carbocycles. The molecule has 0 aliphatic rings. The van der Waals surface area contributed by atoms with Gasteiger partial charge in [0.25, 0.3) is 0 Å². The van der Waals surface area contributed by atoms with Crippen LogP contribution in [0.1, 0.15) is 206 Å². The minimum Gasteiger partial charge on any atom is -0.481 e. The Bertz CT molecular complexity index is 1970. The zero-order valence-electron chi connectivity index (χ0n) is 51.0. The van der Waals surface area contributed by atoms with Gasteiger partial charge in [0.1, 0.15) is 37.7 Å². The number of carboxylic acid groups (broad SMARTS) is 4. The number of rotatable bonds is 62. The van der Waals surface area contributed by atoms with Gasteiger partial charge >= 0.3 is 23.9 Å². The van der Waals surface area contributed by atoms with Crippen LogP contribution in [0, 0.1) is 11.8 Å². The van der Waals surface area contributed by atoms with Crippen LogP contribution in [-0.4, -0.2) is 187 Å². The second-order valence-corrected chi connectivity index (χ2v) is 21.5. The first-order valence-electron chi connectivity index (χ1n) is 31.1. The maximum absolute atomic E-state index is 12.6. The number of aliphatic carboxylic acids is 4. The highest BCUT2D eigenvalue weighted by atomic mass is 16.5. The smallest absolute Gasteiger partial charge is 0.326 e. The minimum absolute atomic E-state index is 0.0197. The Kier molecular flexibility index (Phi) is 50.7. The maximum Gasteiger partial charge on any atom is 0.326 e. The lowest BCUT2D eigenvalue weighted by molar-refractivity contribution is -0.145. The Labute approximate surface area is 506 Å². The molecule has 0 rings (SSSR count). The standard InChI is InChI=1S/C60H103N5O21/c1-2-45(51(69)42-66)21-17-18-32-61-52(70)24-19-33-62-53(71)30-26-46(58(77)78)41-47(67)27-28-49(59(79)80)65-56(74)44-86-40-37-83-35-20-22-48(68)43-85-39-38-84-36-34-63-54(72)31-29-50(60(81)82)64-55(73)23-15-13-11-9-7-5-3-4-6-8-10-12-14-16-25-57(75)76/h45-46,49-50,66H,2-44H2,1H3,(H,61,70)(H,62,71)(H,63,72)(H,64,73)(H,65,74)(H,75,76)(H,77,78)(H,79,80)(H,81,82)/t45?,46-,49+,50+/m1/s1. The predicted molar refractivity (Wildman–Crippen MR) is 315 cm³/mol. The van der Waals surface area contributed by atoms with Crippen molar-refractivity contribution in [2.75, 3.05) is 79.1 Å². The maximum atomic E-state index is 12.6. The molecule has 0 bridgehead atoms. The number of carbonyl (C=O) groups excluding carboxylic acids is 8. The molecule has 0 spiro atoms. The van der Waals surface area contributed by atoms with E-state index in [4.69, 9.17) is 29.2 Å². The topological polar surface area (TPSA) is 403 Å². The highest BCUT2D eigenvalue weighted by Crippen LogP contribution is 2.17. The number of Topliss-reactive ketones (excluding diaryl/α,β-unsaturated/α-hetero) is 3. The number of amides is 5. The molecule has 86 heavy (non-hydrogen) atoms. The fourth-order valence-corrected chi connectivity index (χ4v) is 8.98. The lowest BCUT2D eigenvalue weighted by Crippen LogP contribution is -2.42. The van der Waals surface area contributed by atoms with Crippen LogP contribution in [-0.2, 0) is 76.5 Å². The van der Waals surface area contributed by atoms with Gasteiger partial charge in [-0.1, -0.05) is 90.4 Å². The van der Waals surface area contributed by atoms with Crippen LogP contribution in [0.15, 0.2) is 0 Å². The van der Waals surface area contributed by atoms with E-state index in [1.807, 2.05) is 6.92 Å². The van der Waals surface area contributed by atoms with E-state index in [0.717, 1.165) is 57.8 Å². The minimum atomic E-state index is -1.45. The van der Waals surface area contributed by atoms with E-state index in [9.17, 15) is 72.9 Å². The number of aliphatic hydroxyl groups is 1. The molecule has 1 unspecified atom stereocenters. The normalized spacial score (nSPS) is 12.5. The number of unbranched alkanes of at least 4 members (excludes halogenated alkanes) is 14. The number of aliphatic hydroxyl groups excluding tert-OH is 1. The van der Waals surface area contributed by atoms with Crippen LogP contribution in [0.4, 0.5) is 0 Å². The van der Waals surface area contributed by atoms with Gasteiger partial charge < -0.3 is 71.1 Å². The number of ether oxygens (including phenoxy) is 4. The van der Waals surface area contributed by atoms with Gasteiger partial charge in [-0.15, -0.1) is 0 Å². The Morgan fingerprint density at radius 3 is 1.37 bits per heavy atom. The van der Waals surface area contributed by atoms with Gasteiger partial charge in [-0.05, 0) is 64.2 Å². The zero-order chi connectivity index (χ0) is 64.0. The number of carbonyl (C=O) groups is 12. The van der Waals surface area contributed by atoms with E-state index < -0.39 is 79.1 Å². The van der Waals surface area contributed by atoms with Crippen molar-refractivity contribution in [2.24, 2.45) is 11.8 Å². The van der Waals surface area contributed by atoms with Crippen molar-refractivity contribution in [1.82, 2.24) is 26.6 Å². The molecule has 0 aromatic rings. The summed E-state index contributed by atoms with van der Waals surface area (Å²) in [5, 5.41) is 59.3. The Morgan fingerprint density at radius 1 is 0.360 bits per heavy atom. The molecule has 0 saturated heterocycles. The van der Waals surface area contributed by atoms with Crippen LogP contribution in [0.25, 0.3) is 0 Å². The molecule has 5 amide bonds. The fourth-order valence-electron chi connectivity index (χ4n) is 8.98. The molecule has 0 aliphatic heterocycles. The quantitative estimate of drug-likeness (QED) is 0.0367. The van der Waals surface area contributed by atoms with Gasteiger partial charge in [0, 0.05) is 83.5 Å². The van der Waals surface area contributed by atoms with Crippen LogP contribution in [0.3, 0.4) is 0 Å². The Hall–Kier alpha value is -5.96. The summed E-state index contributed by atoms with van der Waals surface area (Å²) in [5.74, 6) is -9.15. The number of ketones is 3. The highest BCUT2D eigenvalue weighted by molar-refractivity contribution is 5.87. The third-order valence-corrected chi connectivity index (χ3v) is 14.1. The molecule has 0 fully saturated rings. The van der Waals surface area contributed by atoms with Crippen molar-refractivity contribution < 1.29 is 102 Å². The van der Waals surface area contributed by atoms with Gasteiger partial charge in [-0.25, -0.2) is 9.59 Å². The average Bonchev–Trinajstić information content (AvgIpc) is 3.56. The van der Waals surface area contributed by atoms with Crippen LogP contribution in [0.2, 0.25) is 0 Å². The molecule has 0 radical (unpaired) electrons. The molecule has 0 aromatic carbocycles. The summed E-state index contributed by atoms with van der Waals surface area (Å²) >= 11 is 0. The second-order valence-electron chi connectivity index (χ2n) is 21.5. The van der Waals surface area contributed by atoms with Crippen molar-refractivity contribution in [3.8, 4) is 0 Å². The zero-order valence-corrected chi connectivity index (χ0v) is 51.0. The first kappa shape index (κ1) is 80.0. The molecule has 10 N–H and O–H groups in total. The molecule has 0 aromatic heterocycles. The van der Waals surface area contributed by atoms with E-state index in [1.54, 1.807) is 0 Å². The summed E-state index contributed by atoms with van der Waals surface area (Å²) in [6.07, 6.45) is 17.3. The summed E-state index contributed by atoms with van der Waals surface area (Å²) in [7, 11) is 0. The molecule has 0 saturated carbocycles. The first-order chi connectivity index (χ1) is 41.3. The van der Waals surface area contributed by atoms with Gasteiger partial charge in [0.2, 0.25) is 29.5 Å². The molecule has 0 heterocycles. The van der Waals surface area contributed by atoms with Crippen LogP contribution >= 0.6 is 0 Å². The lowest BCUT2D eigenvalue weighted by Gasteiger charge is -2.15. The number of hydrogen-bond acceptors (Lipinski definition) is 17. The van der Waals surface area contributed by atoms with Crippen molar-refractivity contribution in [2.45, 2.75) is 218 Å². The number of nitrogens with one attached hydrogen (secondary N) is 5. The van der Waals surface area contributed by atoms with E-state index in [-0.39, 0.29) is 159 Å². The highest BCUT2D eigenvalue weighted by Gasteiger charge is 2.26. The molecule has 26 heteroatoms. The molecule has 26 nitrogen and oxygen atoms in total. The van der Waals surface area contributed by atoms with E-state index in [1.165, 1.54) is 32.1 Å². The number of carboxylic acids is 4. The average molecular weight is 1230 g/mol. The predicted octanol–water partition coefficient (Wildman–Crippen LogP) is 4.75. The summed E-state index contributed by atoms with van der Waals surface area (Å²) in [6, 6.07) is -2.63. The largest absolute Gasteiger partial charge is 0.481 e. The van der Waals surface area contributed by atoms with Gasteiger partial charge in [0.15, 0.2) is 11.6 Å². The Balaban J connectivity index is 4.01. The van der Waals surface area contributed by atoms with Crippen molar-refractivity contribution in [3.05, 3.63) is 0 Å². The van der Waals surface area contributed by atoms with Crippen molar-refractivity contribution in [1.29, 1.82) is 0 Å². The summed E-state index contributed by atoms with van der Waals surface area (Å²) < 4.78 is 21.4.